The van der Waals surface area contributed by atoms with Crippen molar-refractivity contribution in [1.82, 2.24) is 5.32 Å². The number of carbonyl (C=O) groups excluding carboxylic acids is 1. The molecule has 1 unspecified atom stereocenters. The lowest BCUT2D eigenvalue weighted by Gasteiger charge is -2.23. The first kappa shape index (κ1) is 15.2. The molecule has 21 heavy (non-hydrogen) atoms. The van der Waals surface area contributed by atoms with Gasteiger partial charge in [-0.05, 0) is 18.2 Å². The number of urea groups is 1. The Morgan fingerprint density at radius 2 is 2.19 bits per heavy atom. The van der Waals surface area contributed by atoms with Crippen molar-refractivity contribution in [1.29, 1.82) is 0 Å². The standard InChI is InChI=1S/C13H15FN2O5/c14-10-2-1-8(12(17)18)5-11(10)16-13(19)15-6-9-7-20-3-4-21-9/h1-2,5,9H,3-4,6-7H2,(H,17,18)(H2,15,16,19). The van der Waals surface area contributed by atoms with Crippen molar-refractivity contribution in [3.8, 4) is 0 Å². The molecular formula is C13H15FN2O5. The van der Waals surface area contributed by atoms with Crippen LogP contribution < -0.4 is 10.6 Å². The Balaban J connectivity index is 1.89. The molecule has 0 bridgehead atoms. The maximum atomic E-state index is 13.5. The molecule has 114 valence electrons. The van der Waals surface area contributed by atoms with Crippen LogP contribution in [0, 0.1) is 5.82 Å². The molecular weight excluding hydrogens is 283 g/mol. The molecule has 8 heteroatoms. The van der Waals surface area contributed by atoms with Crippen LogP contribution in [0.2, 0.25) is 0 Å². The van der Waals surface area contributed by atoms with Gasteiger partial charge in [-0.15, -0.1) is 0 Å². The van der Waals surface area contributed by atoms with Gasteiger partial charge in [-0.25, -0.2) is 14.0 Å². The number of amides is 2. The minimum Gasteiger partial charge on any atom is -0.478 e. The van der Waals surface area contributed by atoms with Gasteiger partial charge in [-0.3, -0.25) is 0 Å². The minimum atomic E-state index is -1.20. The molecule has 0 aliphatic carbocycles. The molecule has 1 aromatic carbocycles. The first-order valence-corrected chi connectivity index (χ1v) is 6.33. The number of halogens is 1. The second-order valence-corrected chi connectivity index (χ2v) is 4.40. The minimum absolute atomic E-state index is 0.115. The topological polar surface area (TPSA) is 96.9 Å². The van der Waals surface area contributed by atoms with Crippen molar-refractivity contribution >= 4 is 17.7 Å². The number of anilines is 1. The monoisotopic (exact) mass is 298 g/mol. The van der Waals surface area contributed by atoms with E-state index in [-0.39, 0.29) is 23.9 Å². The number of rotatable bonds is 4. The van der Waals surface area contributed by atoms with Gasteiger partial charge in [0.1, 0.15) is 5.82 Å². The van der Waals surface area contributed by atoms with E-state index in [1.165, 1.54) is 0 Å². The van der Waals surface area contributed by atoms with Gasteiger partial charge >= 0.3 is 12.0 Å². The van der Waals surface area contributed by atoms with Crippen molar-refractivity contribution in [2.24, 2.45) is 0 Å². The van der Waals surface area contributed by atoms with Crippen LogP contribution in [0.25, 0.3) is 0 Å². The highest BCUT2D eigenvalue weighted by Gasteiger charge is 2.16. The summed E-state index contributed by atoms with van der Waals surface area (Å²) in [6.45, 7) is 1.58. The Hall–Kier alpha value is -2.19. The predicted octanol–water partition coefficient (Wildman–Crippen LogP) is 1.06. The van der Waals surface area contributed by atoms with Crippen LogP contribution in [-0.2, 0) is 9.47 Å². The highest BCUT2D eigenvalue weighted by Crippen LogP contribution is 2.16. The van der Waals surface area contributed by atoms with Crippen molar-refractivity contribution in [2.45, 2.75) is 6.10 Å². The van der Waals surface area contributed by atoms with E-state index in [1.807, 2.05) is 0 Å². The number of carboxylic acids is 1. The van der Waals surface area contributed by atoms with Crippen LogP contribution in [0.1, 0.15) is 10.4 Å². The van der Waals surface area contributed by atoms with Gasteiger partial charge in [0.05, 0.1) is 37.2 Å². The second-order valence-electron chi connectivity index (χ2n) is 4.40. The number of hydrogen-bond acceptors (Lipinski definition) is 4. The smallest absolute Gasteiger partial charge is 0.335 e. The van der Waals surface area contributed by atoms with Gasteiger partial charge in [-0.1, -0.05) is 0 Å². The Morgan fingerprint density at radius 1 is 1.38 bits per heavy atom. The van der Waals surface area contributed by atoms with E-state index in [4.69, 9.17) is 14.6 Å². The van der Waals surface area contributed by atoms with Gasteiger partial charge in [-0.2, -0.15) is 0 Å². The third-order valence-corrected chi connectivity index (χ3v) is 2.84. The van der Waals surface area contributed by atoms with Gasteiger partial charge in [0, 0.05) is 6.54 Å². The third kappa shape index (κ3) is 4.40. The lowest BCUT2D eigenvalue weighted by Crippen LogP contribution is -2.41. The van der Waals surface area contributed by atoms with Crippen LogP contribution in [0.5, 0.6) is 0 Å². The maximum absolute atomic E-state index is 13.5. The largest absolute Gasteiger partial charge is 0.478 e. The average Bonchev–Trinajstić information content (AvgIpc) is 2.48. The number of benzene rings is 1. The number of carboxylic acid groups (broad SMARTS) is 1. The SMILES string of the molecule is O=C(NCC1COCCO1)Nc1cc(C(=O)O)ccc1F. The molecule has 1 aliphatic heterocycles. The molecule has 2 amide bonds. The van der Waals surface area contributed by atoms with E-state index < -0.39 is 17.8 Å². The first-order valence-electron chi connectivity index (χ1n) is 6.33. The number of aromatic carboxylic acids is 1. The summed E-state index contributed by atoms with van der Waals surface area (Å²) >= 11 is 0. The molecule has 0 spiro atoms. The summed E-state index contributed by atoms with van der Waals surface area (Å²) in [6, 6.07) is 2.51. The highest BCUT2D eigenvalue weighted by molar-refractivity contribution is 5.93. The zero-order chi connectivity index (χ0) is 15.2. The van der Waals surface area contributed by atoms with E-state index in [0.29, 0.717) is 19.8 Å². The summed E-state index contributed by atoms with van der Waals surface area (Å²) in [5.74, 6) is -1.92. The van der Waals surface area contributed by atoms with Crippen molar-refractivity contribution in [2.75, 3.05) is 31.7 Å². The fourth-order valence-corrected chi connectivity index (χ4v) is 1.78. The summed E-state index contributed by atoms with van der Waals surface area (Å²) in [5, 5.41) is 13.6. The molecule has 0 saturated carbocycles. The lowest BCUT2D eigenvalue weighted by atomic mass is 10.2. The molecule has 3 N–H and O–H groups in total. The Bertz CT molecular complexity index is 531. The zero-order valence-corrected chi connectivity index (χ0v) is 11.1. The van der Waals surface area contributed by atoms with E-state index in [0.717, 1.165) is 18.2 Å². The molecule has 7 nitrogen and oxygen atoms in total. The van der Waals surface area contributed by atoms with Gasteiger partial charge in [0.15, 0.2) is 0 Å². The summed E-state index contributed by atoms with van der Waals surface area (Å²) < 4.78 is 24.0. The molecule has 1 aliphatic rings. The first-order chi connectivity index (χ1) is 10.1. The number of nitrogens with one attached hydrogen (secondary N) is 2. The maximum Gasteiger partial charge on any atom is 0.335 e. The Kier molecular flexibility index (Phi) is 5.07. The molecule has 1 aromatic rings. The summed E-state index contributed by atoms with van der Waals surface area (Å²) in [4.78, 5) is 22.5. The van der Waals surface area contributed by atoms with Gasteiger partial charge in [0.25, 0.3) is 0 Å². The molecule has 1 heterocycles. The van der Waals surface area contributed by atoms with E-state index in [2.05, 4.69) is 10.6 Å². The second kappa shape index (κ2) is 7.00. The third-order valence-electron chi connectivity index (χ3n) is 2.84. The zero-order valence-electron chi connectivity index (χ0n) is 11.1. The molecule has 1 atom stereocenters. The van der Waals surface area contributed by atoms with Crippen LogP contribution in [-0.4, -0.2) is 49.6 Å². The van der Waals surface area contributed by atoms with Crippen molar-refractivity contribution in [3.63, 3.8) is 0 Å². The van der Waals surface area contributed by atoms with E-state index in [9.17, 15) is 14.0 Å². The van der Waals surface area contributed by atoms with Gasteiger partial charge in [0.2, 0.25) is 0 Å². The Labute approximate surface area is 120 Å². The van der Waals surface area contributed by atoms with E-state index in [1.54, 1.807) is 0 Å². The molecule has 0 radical (unpaired) electrons. The van der Waals surface area contributed by atoms with Gasteiger partial charge < -0.3 is 25.2 Å². The fourth-order valence-electron chi connectivity index (χ4n) is 1.78. The molecule has 0 aromatic heterocycles. The van der Waals surface area contributed by atoms with Crippen molar-refractivity contribution < 1.29 is 28.6 Å². The van der Waals surface area contributed by atoms with Crippen LogP contribution in [0.4, 0.5) is 14.9 Å². The lowest BCUT2D eigenvalue weighted by molar-refractivity contribution is -0.0852. The quantitative estimate of drug-likeness (QED) is 0.772. The summed E-state index contributed by atoms with van der Waals surface area (Å²) in [5.41, 5.74) is -0.316. The Morgan fingerprint density at radius 3 is 2.86 bits per heavy atom. The summed E-state index contributed by atoms with van der Waals surface area (Å²) in [6.07, 6.45) is -0.250. The highest BCUT2D eigenvalue weighted by atomic mass is 19.1. The number of carbonyl (C=O) groups is 2. The number of hydrogen-bond donors (Lipinski definition) is 3. The summed E-state index contributed by atoms with van der Waals surface area (Å²) in [7, 11) is 0. The molecule has 2 rings (SSSR count). The van der Waals surface area contributed by atoms with Crippen molar-refractivity contribution in [3.05, 3.63) is 29.6 Å². The number of ether oxygens (including phenoxy) is 2. The van der Waals surface area contributed by atoms with Crippen LogP contribution in [0.3, 0.4) is 0 Å². The molecule has 1 saturated heterocycles. The van der Waals surface area contributed by atoms with E-state index >= 15 is 0 Å². The van der Waals surface area contributed by atoms with Crippen LogP contribution in [0.15, 0.2) is 18.2 Å². The fraction of sp³-hybridized carbons (Fsp3) is 0.385. The average molecular weight is 298 g/mol. The molecule has 1 fully saturated rings. The normalized spacial score (nSPS) is 18.0. The van der Waals surface area contributed by atoms with Crippen LogP contribution >= 0.6 is 0 Å². The predicted molar refractivity (Wildman–Crippen MR) is 70.9 cm³/mol.